The van der Waals surface area contributed by atoms with Crippen molar-refractivity contribution >= 4 is 58.1 Å². The fourth-order valence-electron chi connectivity index (χ4n) is 2.87. The number of esters is 1. The zero-order valence-corrected chi connectivity index (χ0v) is 20.8. The molecule has 0 saturated carbocycles. The number of nitrogens with one attached hydrogen (secondary N) is 2. The zero-order chi connectivity index (χ0) is 27.1. The van der Waals surface area contributed by atoms with E-state index in [1.54, 1.807) is 13.0 Å². The number of methoxy groups -OCH3 is 1. The van der Waals surface area contributed by atoms with Crippen LogP contribution < -0.4 is 20.2 Å². The minimum absolute atomic E-state index is 0.0902. The number of hydrogen-bond acceptors (Lipinski definition) is 8. The van der Waals surface area contributed by atoms with Gasteiger partial charge in [0.1, 0.15) is 0 Å². The molecule has 0 aromatic heterocycles. The topological polar surface area (TPSA) is 149 Å². The molecule has 3 rings (SSSR count). The number of nitrogens with zero attached hydrogens (tertiary/aromatic N) is 2. The van der Waals surface area contributed by atoms with Gasteiger partial charge in [0, 0.05) is 23.4 Å². The van der Waals surface area contributed by atoms with E-state index in [-0.39, 0.29) is 33.5 Å². The molecule has 190 valence electrons. The van der Waals surface area contributed by atoms with Crippen molar-refractivity contribution in [1.82, 2.24) is 5.43 Å². The molecule has 0 atom stereocenters. The zero-order valence-electron chi connectivity index (χ0n) is 19.3. The number of carbonyl (C=O) groups is 3. The van der Waals surface area contributed by atoms with Crippen molar-refractivity contribution in [2.75, 3.05) is 12.4 Å². The maximum Gasteiger partial charge on any atom is 0.343 e. The fraction of sp³-hybridized carbons (Fsp3) is 0.0833. The van der Waals surface area contributed by atoms with Crippen LogP contribution in [-0.2, 0) is 9.59 Å². The third-order valence-electron chi connectivity index (χ3n) is 4.81. The van der Waals surface area contributed by atoms with Crippen LogP contribution >= 0.6 is 23.2 Å². The second kappa shape index (κ2) is 12.0. The van der Waals surface area contributed by atoms with Gasteiger partial charge in [-0.1, -0.05) is 23.2 Å². The molecule has 13 heteroatoms. The van der Waals surface area contributed by atoms with Gasteiger partial charge in [0.25, 0.3) is 5.69 Å². The van der Waals surface area contributed by atoms with E-state index in [1.165, 1.54) is 61.7 Å². The molecule has 2 N–H and O–H groups in total. The molecular weight excluding hydrogens is 527 g/mol. The SMILES string of the molecule is COc1cc(/C(C)=N/NC(=O)C(=O)Nc2ccc(Cl)c(Cl)c2)ccc1OC(=O)c1ccc([N+](=O)[O-])cc1. The van der Waals surface area contributed by atoms with Crippen LogP contribution in [0.25, 0.3) is 0 Å². The Kier molecular flexibility index (Phi) is 8.77. The standard InChI is InChI=1S/C24H18Cl2N4O7/c1-13(28-29-23(32)22(31)27-16-6-9-18(25)19(26)12-16)15-5-10-20(21(11-15)36-2)37-24(33)14-3-7-17(8-4-14)30(34)35/h3-12H,1-2H3,(H,27,31)(H,29,32)/b28-13+. The summed E-state index contributed by atoms with van der Waals surface area (Å²) in [5, 5.41) is 17.6. The number of nitro benzene ring substituents is 1. The summed E-state index contributed by atoms with van der Waals surface area (Å²) in [4.78, 5) is 46.8. The highest BCUT2D eigenvalue weighted by atomic mass is 35.5. The number of halogens is 2. The van der Waals surface area contributed by atoms with Crippen molar-refractivity contribution in [3.8, 4) is 11.5 Å². The number of nitro groups is 1. The predicted octanol–water partition coefficient (Wildman–Crippen LogP) is 4.61. The number of rotatable bonds is 7. The van der Waals surface area contributed by atoms with E-state index in [4.69, 9.17) is 32.7 Å². The minimum atomic E-state index is -1.02. The van der Waals surface area contributed by atoms with Crippen LogP contribution in [0.5, 0.6) is 11.5 Å². The monoisotopic (exact) mass is 544 g/mol. The Balaban J connectivity index is 1.66. The van der Waals surface area contributed by atoms with Gasteiger partial charge in [-0.25, -0.2) is 10.2 Å². The molecule has 3 aromatic rings. The Hall–Kier alpha value is -4.48. The lowest BCUT2D eigenvalue weighted by Gasteiger charge is -2.11. The summed E-state index contributed by atoms with van der Waals surface area (Å²) in [5.74, 6) is -2.46. The highest BCUT2D eigenvalue weighted by Crippen LogP contribution is 2.29. The van der Waals surface area contributed by atoms with E-state index >= 15 is 0 Å². The Labute approximate surface area is 220 Å². The highest BCUT2D eigenvalue weighted by Gasteiger charge is 2.17. The van der Waals surface area contributed by atoms with Crippen LogP contribution in [0.2, 0.25) is 10.0 Å². The second-order valence-corrected chi connectivity index (χ2v) is 8.09. The van der Waals surface area contributed by atoms with E-state index < -0.39 is 22.7 Å². The molecule has 37 heavy (non-hydrogen) atoms. The van der Waals surface area contributed by atoms with Gasteiger partial charge in [-0.15, -0.1) is 0 Å². The van der Waals surface area contributed by atoms with Crippen LogP contribution in [0, 0.1) is 10.1 Å². The number of anilines is 1. The van der Waals surface area contributed by atoms with Crippen molar-refractivity contribution in [3.05, 3.63) is 92.0 Å². The van der Waals surface area contributed by atoms with Gasteiger partial charge >= 0.3 is 17.8 Å². The lowest BCUT2D eigenvalue weighted by Crippen LogP contribution is -2.32. The smallest absolute Gasteiger partial charge is 0.343 e. The van der Waals surface area contributed by atoms with Gasteiger partial charge in [0.05, 0.1) is 33.4 Å². The summed E-state index contributed by atoms with van der Waals surface area (Å²) in [5.41, 5.74) is 3.19. The number of carbonyl (C=O) groups excluding carboxylic acids is 3. The van der Waals surface area contributed by atoms with E-state index in [1.807, 2.05) is 0 Å². The predicted molar refractivity (Wildman–Crippen MR) is 136 cm³/mol. The number of amides is 2. The number of ether oxygens (including phenoxy) is 2. The normalized spacial score (nSPS) is 10.9. The number of non-ortho nitro benzene ring substituents is 1. The lowest BCUT2D eigenvalue weighted by atomic mass is 10.1. The number of hydrogen-bond donors (Lipinski definition) is 2. The van der Waals surface area contributed by atoms with Crippen molar-refractivity contribution in [3.63, 3.8) is 0 Å². The highest BCUT2D eigenvalue weighted by molar-refractivity contribution is 6.43. The number of hydrazone groups is 1. The molecule has 0 heterocycles. The molecule has 0 aliphatic carbocycles. The molecule has 3 aromatic carbocycles. The molecule has 0 radical (unpaired) electrons. The van der Waals surface area contributed by atoms with Gasteiger partial charge in [-0.3, -0.25) is 19.7 Å². The second-order valence-electron chi connectivity index (χ2n) is 7.28. The van der Waals surface area contributed by atoms with Gasteiger partial charge < -0.3 is 14.8 Å². The van der Waals surface area contributed by atoms with Crippen molar-refractivity contribution in [2.45, 2.75) is 6.92 Å². The fourth-order valence-corrected chi connectivity index (χ4v) is 3.16. The summed E-state index contributed by atoms with van der Waals surface area (Å²) in [6.07, 6.45) is 0. The molecule has 2 amide bonds. The van der Waals surface area contributed by atoms with Crippen molar-refractivity contribution < 1.29 is 28.8 Å². The van der Waals surface area contributed by atoms with Crippen LogP contribution in [-0.4, -0.2) is 35.5 Å². The first-order valence-corrected chi connectivity index (χ1v) is 11.1. The molecule has 0 spiro atoms. The summed E-state index contributed by atoms with van der Waals surface area (Å²) in [6, 6.07) is 13.8. The molecule has 0 fully saturated rings. The first-order valence-electron chi connectivity index (χ1n) is 10.3. The third-order valence-corrected chi connectivity index (χ3v) is 5.55. The molecule has 0 bridgehead atoms. The molecule has 0 saturated heterocycles. The maximum atomic E-state index is 12.4. The largest absolute Gasteiger partial charge is 0.493 e. The first kappa shape index (κ1) is 27.1. The summed E-state index contributed by atoms with van der Waals surface area (Å²) in [6.45, 7) is 1.58. The van der Waals surface area contributed by atoms with Gasteiger partial charge in [-0.2, -0.15) is 5.10 Å². The Morgan fingerprint density at radius 1 is 0.892 bits per heavy atom. The molecule has 0 aliphatic heterocycles. The maximum absolute atomic E-state index is 12.4. The van der Waals surface area contributed by atoms with E-state index in [9.17, 15) is 24.5 Å². The molecule has 0 unspecified atom stereocenters. The quantitative estimate of drug-likeness (QED) is 0.110. The average Bonchev–Trinajstić information content (AvgIpc) is 2.89. The third kappa shape index (κ3) is 7.03. The lowest BCUT2D eigenvalue weighted by molar-refractivity contribution is -0.384. The Morgan fingerprint density at radius 3 is 2.19 bits per heavy atom. The van der Waals surface area contributed by atoms with E-state index in [2.05, 4.69) is 15.8 Å². The van der Waals surface area contributed by atoms with Crippen molar-refractivity contribution in [1.29, 1.82) is 0 Å². The first-order chi connectivity index (χ1) is 17.6. The van der Waals surface area contributed by atoms with Crippen LogP contribution in [0.15, 0.2) is 65.8 Å². The molecular formula is C24H18Cl2N4O7. The Morgan fingerprint density at radius 2 is 1.57 bits per heavy atom. The average molecular weight is 545 g/mol. The minimum Gasteiger partial charge on any atom is -0.493 e. The van der Waals surface area contributed by atoms with Gasteiger partial charge in [-0.05, 0) is 55.5 Å². The Bertz CT molecular complexity index is 1410. The van der Waals surface area contributed by atoms with Gasteiger partial charge in [0.2, 0.25) is 0 Å². The van der Waals surface area contributed by atoms with Crippen LogP contribution in [0.4, 0.5) is 11.4 Å². The van der Waals surface area contributed by atoms with Crippen LogP contribution in [0.3, 0.4) is 0 Å². The summed E-state index contributed by atoms with van der Waals surface area (Å²) >= 11 is 11.7. The molecule has 11 nitrogen and oxygen atoms in total. The summed E-state index contributed by atoms with van der Waals surface area (Å²) < 4.78 is 10.6. The van der Waals surface area contributed by atoms with Crippen molar-refractivity contribution in [2.24, 2.45) is 5.10 Å². The van der Waals surface area contributed by atoms with E-state index in [0.29, 0.717) is 16.3 Å². The molecule has 0 aliphatic rings. The van der Waals surface area contributed by atoms with Crippen LogP contribution in [0.1, 0.15) is 22.8 Å². The number of benzene rings is 3. The van der Waals surface area contributed by atoms with Gasteiger partial charge in [0.15, 0.2) is 11.5 Å². The van der Waals surface area contributed by atoms with E-state index in [0.717, 1.165) is 0 Å². The summed E-state index contributed by atoms with van der Waals surface area (Å²) in [7, 11) is 1.37.